The number of carbonyl (C=O) groups excluding carboxylic acids is 1. The first-order valence-corrected chi connectivity index (χ1v) is 9.09. The van der Waals surface area contributed by atoms with Gasteiger partial charge in [-0.2, -0.15) is 0 Å². The molecule has 0 aliphatic rings. The summed E-state index contributed by atoms with van der Waals surface area (Å²) in [5.74, 6) is 0.905. The zero-order chi connectivity index (χ0) is 18.6. The highest BCUT2D eigenvalue weighted by molar-refractivity contribution is 5.95. The number of benzene rings is 3. The Morgan fingerprint density at radius 3 is 2.48 bits per heavy atom. The molecule has 3 aromatic carbocycles. The van der Waals surface area contributed by atoms with Gasteiger partial charge in [0.1, 0.15) is 5.82 Å². The maximum absolute atomic E-state index is 12.6. The third-order valence-electron chi connectivity index (χ3n) is 4.71. The van der Waals surface area contributed by atoms with Crippen LogP contribution < -0.4 is 5.32 Å². The van der Waals surface area contributed by atoms with E-state index in [1.165, 1.54) is 5.56 Å². The average Bonchev–Trinajstić information content (AvgIpc) is 3.13. The third-order valence-corrected chi connectivity index (χ3v) is 4.71. The number of imidazole rings is 1. The molecule has 2 N–H and O–H groups in total. The summed E-state index contributed by atoms with van der Waals surface area (Å²) in [6, 6.07) is 25.7. The minimum atomic E-state index is -0.00471. The average molecular weight is 355 g/mol. The van der Waals surface area contributed by atoms with Gasteiger partial charge in [0.05, 0.1) is 16.7 Å². The molecule has 4 nitrogen and oxygen atoms in total. The summed E-state index contributed by atoms with van der Waals surface area (Å²) in [6.45, 7) is 2.07. The zero-order valence-corrected chi connectivity index (χ0v) is 15.1. The van der Waals surface area contributed by atoms with Gasteiger partial charge in [-0.1, -0.05) is 61.5 Å². The van der Waals surface area contributed by atoms with Gasteiger partial charge in [-0.05, 0) is 35.7 Å². The van der Waals surface area contributed by atoms with Crippen molar-refractivity contribution in [2.45, 2.75) is 19.3 Å². The molecular weight excluding hydrogens is 334 g/mol. The Kier molecular flexibility index (Phi) is 4.71. The number of aromatic amines is 1. The largest absolute Gasteiger partial charge is 0.338 e. The summed E-state index contributed by atoms with van der Waals surface area (Å²) in [4.78, 5) is 20.6. The Hall–Kier alpha value is -3.40. The van der Waals surface area contributed by atoms with E-state index in [-0.39, 0.29) is 11.8 Å². The van der Waals surface area contributed by atoms with Crippen molar-refractivity contribution in [1.29, 1.82) is 0 Å². The maximum Gasteiger partial charge on any atom is 0.224 e. The summed E-state index contributed by atoms with van der Waals surface area (Å²) in [7, 11) is 0. The predicted octanol–water partition coefficient (Wildman–Crippen LogP) is 5.36. The number of fused-ring (bicyclic) bond motifs is 1. The molecule has 4 rings (SSSR count). The normalized spacial score (nSPS) is 12.0. The monoisotopic (exact) mass is 355 g/mol. The molecular formula is C23H21N3O. The third kappa shape index (κ3) is 3.75. The van der Waals surface area contributed by atoms with E-state index in [0.717, 1.165) is 28.1 Å². The Bertz CT molecular complexity index is 1040. The number of hydrogen-bond acceptors (Lipinski definition) is 2. The van der Waals surface area contributed by atoms with Crippen molar-refractivity contribution < 1.29 is 4.79 Å². The number of nitrogens with zero attached hydrogens (tertiary/aromatic N) is 1. The molecule has 4 aromatic rings. The summed E-state index contributed by atoms with van der Waals surface area (Å²) < 4.78 is 0. The van der Waals surface area contributed by atoms with E-state index < -0.39 is 0 Å². The van der Waals surface area contributed by atoms with Crippen molar-refractivity contribution in [2.24, 2.45) is 0 Å². The number of hydrogen-bond donors (Lipinski definition) is 2. The summed E-state index contributed by atoms with van der Waals surface area (Å²) >= 11 is 0. The van der Waals surface area contributed by atoms with E-state index in [9.17, 15) is 4.79 Å². The molecule has 1 heterocycles. The summed E-state index contributed by atoms with van der Waals surface area (Å²) in [5, 5.41) is 3.06. The molecule has 1 amide bonds. The first kappa shape index (κ1) is 17.0. The number of nitrogens with one attached hydrogen (secondary N) is 2. The lowest BCUT2D eigenvalue weighted by Crippen LogP contribution is -2.15. The van der Waals surface area contributed by atoms with Gasteiger partial charge in [-0.15, -0.1) is 0 Å². The molecule has 0 aliphatic heterocycles. The minimum absolute atomic E-state index is 0.00471. The van der Waals surface area contributed by atoms with Crippen molar-refractivity contribution in [3.05, 3.63) is 84.4 Å². The molecule has 1 atom stereocenters. The second kappa shape index (κ2) is 7.46. The standard InChI is InChI=1S/C23H21N3O/c1-16(17-9-3-2-4-10-17)15-22(27)24-19-12-6-5-11-18(19)23-25-20-13-7-8-14-21(20)26-23/h2-14,16H,15H2,1H3,(H,24,27)(H,25,26)/t16-/m0/s1. The Morgan fingerprint density at radius 1 is 0.963 bits per heavy atom. The van der Waals surface area contributed by atoms with Crippen molar-refractivity contribution in [2.75, 3.05) is 5.32 Å². The molecule has 27 heavy (non-hydrogen) atoms. The fourth-order valence-electron chi connectivity index (χ4n) is 3.26. The van der Waals surface area contributed by atoms with E-state index in [0.29, 0.717) is 6.42 Å². The van der Waals surface area contributed by atoms with Crippen molar-refractivity contribution in [3.63, 3.8) is 0 Å². The fourth-order valence-corrected chi connectivity index (χ4v) is 3.26. The van der Waals surface area contributed by atoms with Crippen LogP contribution in [0.4, 0.5) is 5.69 Å². The Balaban J connectivity index is 1.55. The molecule has 1 aromatic heterocycles. The molecule has 0 unspecified atom stereocenters. The zero-order valence-electron chi connectivity index (χ0n) is 15.1. The van der Waals surface area contributed by atoms with Crippen LogP contribution in [0.5, 0.6) is 0 Å². The lowest BCUT2D eigenvalue weighted by Gasteiger charge is -2.13. The van der Waals surface area contributed by atoms with E-state index in [1.807, 2.05) is 66.7 Å². The van der Waals surface area contributed by atoms with Crippen LogP contribution >= 0.6 is 0 Å². The SMILES string of the molecule is C[C@@H](CC(=O)Nc1ccccc1-c1nc2ccccc2[nH]1)c1ccccc1. The molecule has 0 saturated carbocycles. The first-order chi connectivity index (χ1) is 13.2. The summed E-state index contributed by atoms with van der Waals surface area (Å²) in [6.07, 6.45) is 0.429. The number of rotatable bonds is 5. The molecule has 0 fully saturated rings. The van der Waals surface area contributed by atoms with Crippen molar-refractivity contribution >= 4 is 22.6 Å². The van der Waals surface area contributed by atoms with Crippen LogP contribution in [-0.2, 0) is 4.79 Å². The van der Waals surface area contributed by atoms with Gasteiger partial charge in [0.15, 0.2) is 0 Å². The molecule has 0 aliphatic carbocycles. The van der Waals surface area contributed by atoms with Crippen LogP contribution in [-0.4, -0.2) is 15.9 Å². The highest BCUT2D eigenvalue weighted by Gasteiger charge is 2.14. The number of carbonyl (C=O) groups is 1. The van der Waals surface area contributed by atoms with Crippen LogP contribution in [0, 0.1) is 0 Å². The number of amides is 1. The molecule has 0 spiro atoms. The van der Waals surface area contributed by atoms with Crippen LogP contribution in [0.1, 0.15) is 24.8 Å². The number of anilines is 1. The van der Waals surface area contributed by atoms with Crippen LogP contribution in [0.3, 0.4) is 0 Å². The molecule has 4 heteroatoms. The van der Waals surface area contributed by atoms with Gasteiger partial charge in [0.2, 0.25) is 5.91 Å². The minimum Gasteiger partial charge on any atom is -0.338 e. The van der Waals surface area contributed by atoms with E-state index >= 15 is 0 Å². The second-order valence-corrected chi connectivity index (χ2v) is 6.71. The van der Waals surface area contributed by atoms with E-state index in [2.05, 4.69) is 34.3 Å². The molecule has 0 bridgehead atoms. The quantitative estimate of drug-likeness (QED) is 0.506. The number of H-pyrrole nitrogens is 1. The highest BCUT2D eigenvalue weighted by Crippen LogP contribution is 2.28. The smallest absolute Gasteiger partial charge is 0.224 e. The lowest BCUT2D eigenvalue weighted by atomic mass is 9.97. The first-order valence-electron chi connectivity index (χ1n) is 9.09. The van der Waals surface area contributed by atoms with Gasteiger partial charge in [0, 0.05) is 12.0 Å². The van der Waals surface area contributed by atoms with Gasteiger partial charge in [-0.3, -0.25) is 4.79 Å². The van der Waals surface area contributed by atoms with Gasteiger partial charge >= 0.3 is 0 Å². The second-order valence-electron chi connectivity index (χ2n) is 6.71. The maximum atomic E-state index is 12.6. The number of para-hydroxylation sites is 3. The van der Waals surface area contributed by atoms with Crippen LogP contribution in [0.15, 0.2) is 78.9 Å². The van der Waals surface area contributed by atoms with Gasteiger partial charge < -0.3 is 10.3 Å². The molecule has 0 radical (unpaired) electrons. The lowest BCUT2D eigenvalue weighted by molar-refractivity contribution is -0.116. The molecule has 134 valence electrons. The van der Waals surface area contributed by atoms with E-state index in [1.54, 1.807) is 0 Å². The number of aromatic nitrogens is 2. The predicted molar refractivity (Wildman–Crippen MR) is 110 cm³/mol. The van der Waals surface area contributed by atoms with Gasteiger partial charge in [0.25, 0.3) is 0 Å². The van der Waals surface area contributed by atoms with Crippen molar-refractivity contribution in [3.8, 4) is 11.4 Å². The molecule has 0 saturated heterocycles. The van der Waals surface area contributed by atoms with Crippen molar-refractivity contribution in [1.82, 2.24) is 9.97 Å². The topological polar surface area (TPSA) is 57.8 Å². The Labute approximate surface area is 158 Å². The van der Waals surface area contributed by atoms with E-state index in [4.69, 9.17) is 0 Å². The highest BCUT2D eigenvalue weighted by atomic mass is 16.1. The fraction of sp³-hybridized carbons (Fsp3) is 0.130. The Morgan fingerprint density at radius 2 is 1.67 bits per heavy atom. The van der Waals surface area contributed by atoms with Crippen LogP contribution in [0.2, 0.25) is 0 Å². The van der Waals surface area contributed by atoms with Gasteiger partial charge in [-0.25, -0.2) is 4.98 Å². The van der Waals surface area contributed by atoms with Crippen LogP contribution in [0.25, 0.3) is 22.4 Å². The summed E-state index contributed by atoms with van der Waals surface area (Å²) in [5.41, 5.74) is 4.70.